The van der Waals surface area contributed by atoms with Gasteiger partial charge >= 0.3 is 0 Å². The van der Waals surface area contributed by atoms with E-state index in [-0.39, 0.29) is 0 Å². The first kappa shape index (κ1) is 14.5. The van der Waals surface area contributed by atoms with Crippen LogP contribution in [0.3, 0.4) is 0 Å². The molecule has 0 unspecified atom stereocenters. The lowest BCUT2D eigenvalue weighted by Crippen LogP contribution is -2.26. The number of rotatable bonds is 3. The van der Waals surface area contributed by atoms with Crippen LogP contribution < -0.4 is 0 Å². The van der Waals surface area contributed by atoms with E-state index in [9.17, 15) is 8.42 Å². The summed E-state index contributed by atoms with van der Waals surface area (Å²) in [5.41, 5.74) is 1.83. The second-order valence-electron chi connectivity index (χ2n) is 6.18. The average molecular weight is 307 g/mol. The van der Waals surface area contributed by atoms with Crippen LogP contribution >= 0.6 is 0 Å². The second-order valence-corrected chi connectivity index (χ2v) is 8.48. The predicted octanol–water partition coefficient (Wildman–Crippen LogP) is 2.38. The van der Waals surface area contributed by atoms with Gasteiger partial charge in [-0.05, 0) is 30.9 Å². The Morgan fingerprint density at radius 2 is 2.05 bits per heavy atom. The van der Waals surface area contributed by atoms with E-state index in [0.717, 1.165) is 36.4 Å². The largest absolute Gasteiger partial charge is 0.312 e. The predicted molar refractivity (Wildman–Crippen MR) is 83.0 cm³/mol. The molecule has 0 atom stereocenters. The van der Waals surface area contributed by atoms with E-state index in [1.165, 1.54) is 0 Å². The number of sulfone groups is 1. The number of hydrogen-bond donors (Lipinski definition) is 0. The van der Waals surface area contributed by atoms with E-state index in [0.29, 0.717) is 23.3 Å². The fourth-order valence-electron chi connectivity index (χ4n) is 2.98. The Morgan fingerprint density at radius 1 is 1.33 bits per heavy atom. The quantitative estimate of drug-likeness (QED) is 0.873. The van der Waals surface area contributed by atoms with Crippen LogP contribution in [-0.4, -0.2) is 34.5 Å². The second kappa shape index (κ2) is 5.40. The average Bonchev–Trinajstić information content (AvgIpc) is 2.80. The molecule has 1 fully saturated rings. The zero-order valence-corrected chi connectivity index (χ0v) is 13.3. The number of aromatic nitrogens is 3. The van der Waals surface area contributed by atoms with Crippen molar-refractivity contribution < 1.29 is 8.42 Å². The molecule has 114 valence electrons. The minimum Gasteiger partial charge on any atom is -0.312 e. The Hall–Kier alpha value is -1.43. The molecule has 1 aliphatic rings. The van der Waals surface area contributed by atoms with Crippen LogP contribution in [0.4, 0.5) is 0 Å². The Labute approximate surface area is 125 Å². The highest BCUT2D eigenvalue weighted by atomic mass is 32.2. The highest BCUT2D eigenvalue weighted by Crippen LogP contribution is 2.26. The molecule has 3 heterocycles. The van der Waals surface area contributed by atoms with Crippen molar-refractivity contribution in [1.29, 1.82) is 0 Å². The number of imidazole rings is 1. The number of fused-ring (bicyclic) bond motifs is 1. The summed E-state index contributed by atoms with van der Waals surface area (Å²) in [6, 6.07) is 3.88. The summed E-state index contributed by atoms with van der Waals surface area (Å²) in [4.78, 5) is 9.15. The summed E-state index contributed by atoms with van der Waals surface area (Å²) in [6.45, 7) is 5.07. The molecule has 0 N–H and O–H groups in total. The number of pyridine rings is 1. The molecule has 0 bridgehead atoms. The lowest BCUT2D eigenvalue weighted by Gasteiger charge is -2.23. The molecule has 0 aromatic carbocycles. The van der Waals surface area contributed by atoms with Crippen molar-refractivity contribution in [2.75, 3.05) is 11.5 Å². The van der Waals surface area contributed by atoms with Gasteiger partial charge in [-0.2, -0.15) is 0 Å². The van der Waals surface area contributed by atoms with Gasteiger partial charge in [0.1, 0.15) is 21.2 Å². The Bertz CT molecular complexity index is 735. The van der Waals surface area contributed by atoms with Gasteiger partial charge in [0, 0.05) is 18.7 Å². The van der Waals surface area contributed by atoms with E-state index in [2.05, 4.69) is 28.4 Å². The number of nitrogens with zero attached hydrogens (tertiary/aromatic N) is 3. The maximum atomic E-state index is 11.6. The summed E-state index contributed by atoms with van der Waals surface area (Å²) < 4.78 is 25.3. The molecule has 1 saturated heterocycles. The van der Waals surface area contributed by atoms with Crippen molar-refractivity contribution >= 4 is 21.0 Å². The van der Waals surface area contributed by atoms with Crippen molar-refractivity contribution in [3.05, 3.63) is 24.2 Å². The number of hydrogen-bond acceptors (Lipinski definition) is 4. The minimum absolute atomic E-state index is 0.314. The SMILES string of the molecule is CC(C)c1nc2cccnc2n1CC1CCS(=O)(=O)CC1. The van der Waals surface area contributed by atoms with Crippen LogP contribution in [0.1, 0.15) is 38.4 Å². The zero-order valence-electron chi connectivity index (χ0n) is 12.5. The van der Waals surface area contributed by atoms with Gasteiger partial charge in [-0.1, -0.05) is 13.8 Å². The zero-order chi connectivity index (χ0) is 15.0. The third-order valence-electron chi connectivity index (χ3n) is 4.16. The molecular formula is C15H21N3O2S. The minimum atomic E-state index is -2.80. The summed E-state index contributed by atoms with van der Waals surface area (Å²) in [6.07, 6.45) is 3.27. The normalized spacial score (nSPS) is 19.4. The molecule has 0 spiro atoms. The van der Waals surface area contributed by atoms with Crippen LogP contribution in [0.15, 0.2) is 18.3 Å². The van der Waals surface area contributed by atoms with Gasteiger partial charge in [-0.3, -0.25) is 0 Å². The lowest BCUT2D eigenvalue weighted by atomic mass is 10.0. The van der Waals surface area contributed by atoms with Crippen LogP contribution in [0, 0.1) is 5.92 Å². The van der Waals surface area contributed by atoms with Crippen LogP contribution in [0.5, 0.6) is 0 Å². The van der Waals surface area contributed by atoms with E-state index < -0.39 is 9.84 Å². The van der Waals surface area contributed by atoms with Crippen LogP contribution in [-0.2, 0) is 16.4 Å². The van der Waals surface area contributed by atoms with Crippen molar-refractivity contribution in [2.24, 2.45) is 5.92 Å². The molecule has 2 aromatic rings. The molecule has 5 nitrogen and oxygen atoms in total. The van der Waals surface area contributed by atoms with Crippen molar-refractivity contribution in [1.82, 2.24) is 14.5 Å². The fraction of sp³-hybridized carbons (Fsp3) is 0.600. The molecule has 0 saturated carbocycles. The molecule has 3 rings (SSSR count). The van der Waals surface area contributed by atoms with Crippen molar-refractivity contribution in [3.8, 4) is 0 Å². The van der Waals surface area contributed by atoms with Gasteiger partial charge in [-0.15, -0.1) is 0 Å². The standard InChI is InChI=1S/C15H21N3O2S/c1-11(2)14-17-13-4-3-7-16-15(13)18(14)10-12-5-8-21(19,20)9-6-12/h3-4,7,11-12H,5-6,8-10H2,1-2H3. The Morgan fingerprint density at radius 3 is 2.71 bits per heavy atom. The first-order chi connectivity index (χ1) is 9.96. The van der Waals surface area contributed by atoms with Crippen LogP contribution in [0.2, 0.25) is 0 Å². The van der Waals surface area contributed by atoms with E-state index in [1.807, 2.05) is 12.1 Å². The molecule has 0 radical (unpaired) electrons. The molecule has 6 heteroatoms. The third kappa shape index (κ3) is 2.95. The Balaban J connectivity index is 1.91. The topological polar surface area (TPSA) is 64.8 Å². The van der Waals surface area contributed by atoms with Gasteiger partial charge in [0.25, 0.3) is 0 Å². The monoisotopic (exact) mass is 307 g/mol. The van der Waals surface area contributed by atoms with E-state index >= 15 is 0 Å². The Kier molecular flexibility index (Phi) is 3.73. The highest BCUT2D eigenvalue weighted by molar-refractivity contribution is 7.91. The van der Waals surface area contributed by atoms with Gasteiger partial charge < -0.3 is 4.57 Å². The first-order valence-corrected chi connectivity index (χ1v) is 9.30. The molecule has 2 aromatic heterocycles. The first-order valence-electron chi connectivity index (χ1n) is 7.48. The lowest BCUT2D eigenvalue weighted by molar-refractivity contribution is 0.399. The van der Waals surface area contributed by atoms with E-state index in [1.54, 1.807) is 6.20 Å². The van der Waals surface area contributed by atoms with Crippen molar-refractivity contribution in [3.63, 3.8) is 0 Å². The molecule has 21 heavy (non-hydrogen) atoms. The van der Waals surface area contributed by atoms with Crippen molar-refractivity contribution in [2.45, 2.75) is 39.2 Å². The third-order valence-corrected chi connectivity index (χ3v) is 5.88. The molecule has 0 aliphatic carbocycles. The molecule has 1 aliphatic heterocycles. The van der Waals surface area contributed by atoms with Gasteiger partial charge in [-0.25, -0.2) is 18.4 Å². The molecule has 0 amide bonds. The molecular weight excluding hydrogens is 286 g/mol. The van der Waals surface area contributed by atoms with E-state index in [4.69, 9.17) is 0 Å². The van der Waals surface area contributed by atoms with Gasteiger partial charge in [0.15, 0.2) is 5.65 Å². The smallest absolute Gasteiger partial charge is 0.159 e. The fourth-order valence-corrected chi connectivity index (χ4v) is 4.57. The maximum absolute atomic E-state index is 11.6. The summed E-state index contributed by atoms with van der Waals surface area (Å²) in [7, 11) is -2.80. The summed E-state index contributed by atoms with van der Waals surface area (Å²) >= 11 is 0. The summed E-state index contributed by atoms with van der Waals surface area (Å²) in [5.74, 6) is 2.39. The van der Waals surface area contributed by atoms with Crippen LogP contribution in [0.25, 0.3) is 11.2 Å². The van der Waals surface area contributed by atoms with Gasteiger partial charge in [0.05, 0.1) is 11.5 Å². The maximum Gasteiger partial charge on any atom is 0.159 e. The van der Waals surface area contributed by atoms with Gasteiger partial charge in [0.2, 0.25) is 0 Å². The highest BCUT2D eigenvalue weighted by Gasteiger charge is 2.25. The summed E-state index contributed by atoms with van der Waals surface area (Å²) in [5, 5.41) is 0.